The maximum absolute atomic E-state index is 12.8. The first-order chi connectivity index (χ1) is 11.4. The van der Waals surface area contributed by atoms with Gasteiger partial charge >= 0.3 is 6.18 Å². The van der Waals surface area contributed by atoms with Crippen LogP contribution in [0, 0.1) is 5.92 Å². The number of halogens is 3. The fourth-order valence-electron chi connectivity index (χ4n) is 3.80. The van der Waals surface area contributed by atoms with Gasteiger partial charge in [-0.2, -0.15) is 13.2 Å². The summed E-state index contributed by atoms with van der Waals surface area (Å²) in [5.41, 5.74) is 0.0509. The lowest BCUT2D eigenvalue weighted by Crippen LogP contribution is -2.49. The van der Waals surface area contributed by atoms with Crippen LogP contribution in [0.3, 0.4) is 0 Å². The van der Waals surface area contributed by atoms with E-state index in [1.54, 1.807) is 6.07 Å². The number of alkyl halides is 3. The molecule has 2 aliphatic rings. The lowest BCUT2D eigenvalue weighted by Gasteiger charge is -2.39. The molecule has 1 N–H and O–H groups in total. The summed E-state index contributed by atoms with van der Waals surface area (Å²) in [6.07, 6.45) is -0.216. The topological polar surface area (TPSA) is 26.7 Å². The molecule has 6 heteroatoms. The molecule has 1 aliphatic carbocycles. The fourth-order valence-corrected chi connectivity index (χ4v) is 3.80. The van der Waals surface area contributed by atoms with E-state index in [-0.39, 0.29) is 6.10 Å². The van der Waals surface area contributed by atoms with Gasteiger partial charge in [0.05, 0.1) is 11.7 Å². The molecule has 1 aromatic rings. The Balaban J connectivity index is 1.55. The van der Waals surface area contributed by atoms with Crippen LogP contribution in [-0.4, -0.2) is 48.8 Å². The van der Waals surface area contributed by atoms with Gasteiger partial charge in [-0.25, -0.2) is 0 Å². The van der Waals surface area contributed by atoms with E-state index in [1.165, 1.54) is 18.6 Å². The average molecular weight is 342 g/mol. The van der Waals surface area contributed by atoms with Gasteiger partial charge in [0.25, 0.3) is 0 Å². The molecule has 1 saturated carbocycles. The summed E-state index contributed by atoms with van der Waals surface area (Å²) in [5.74, 6) is 0.346. The smallest absolute Gasteiger partial charge is 0.393 e. The summed E-state index contributed by atoms with van der Waals surface area (Å²) in [7, 11) is 0. The number of piperazine rings is 1. The Kier molecular flexibility index (Phi) is 5.35. The number of rotatable bonds is 3. The van der Waals surface area contributed by atoms with Crippen molar-refractivity contribution in [2.24, 2.45) is 5.92 Å². The Morgan fingerprint density at radius 3 is 2.42 bits per heavy atom. The number of aliphatic hydroxyl groups is 1. The van der Waals surface area contributed by atoms with Gasteiger partial charge in [-0.3, -0.25) is 4.90 Å². The van der Waals surface area contributed by atoms with Gasteiger partial charge in [0, 0.05) is 38.4 Å². The molecule has 1 aliphatic heterocycles. The van der Waals surface area contributed by atoms with Crippen LogP contribution in [0.4, 0.5) is 18.9 Å². The van der Waals surface area contributed by atoms with E-state index in [0.717, 1.165) is 58.1 Å². The third-order valence-electron chi connectivity index (χ3n) is 5.27. The summed E-state index contributed by atoms with van der Waals surface area (Å²) < 4.78 is 38.5. The maximum atomic E-state index is 12.8. The molecule has 24 heavy (non-hydrogen) atoms. The van der Waals surface area contributed by atoms with E-state index >= 15 is 0 Å². The van der Waals surface area contributed by atoms with Crippen LogP contribution in [0.1, 0.15) is 31.2 Å². The van der Waals surface area contributed by atoms with Crippen molar-refractivity contribution in [2.45, 2.75) is 38.0 Å². The zero-order chi connectivity index (χ0) is 17.2. The number of hydrogen-bond acceptors (Lipinski definition) is 3. The van der Waals surface area contributed by atoms with Crippen LogP contribution in [-0.2, 0) is 6.18 Å². The number of hydrogen-bond donors (Lipinski definition) is 1. The van der Waals surface area contributed by atoms with E-state index in [9.17, 15) is 18.3 Å². The van der Waals surface area contributed by atoms with Crippen LogP contribution in [0.5, 0.6) is 0 Å². The molecule has 2 fully saturated rings. The summed E-state index contributed by atoms with van der Waals surface area (Å²) in [6.45, 7) is 4.02. The normalized spacial score (nSPS) is 26.6. The van der Waals surface area contributed by atoms with Gasteiger partial charge in [0.2, 0.25) is 0 Å². The van der Waals surface area contributed by atoms with Gasteiger partial charge in [0.1, 0.15) is 0 Å². The molecule has 0 radical (unpaired) electrons. The molecule has 0 spiro atoms. The molecule has 1 saturated heterocycles. The number of benzene rings is 1. The van der Waals surface area contributed by atoms with Crippen molar-refractivity contribution in [1.29, 1.82) is 0 Å². The van der Waals surface area contributed by atoms with Crippen LogP contribution >= 0.6 is 0 Å². The number of nitrogens with zero attached hydrogens (tertiary/aromatic N) is 2. The van der Waals surface area contributed by atoms with Gasteiger partial charge in [-0.05, 0) is 37.0 Å². The largest absolute Gasteiger partial charge is 0.416 e. The highest BCUT2D eigenvalue weighted by atomic mass is 19.4. The molecule has 3 rings (SSSR count). The van der Waals surface area contributed by atoms with Crippen molar-refractivity contribution >= 4 is 5.69 Å². The highest BCUT2D eigenvalue weighted by molar-refractivity contribution is 5.49. The van der Waals surface area contributed by atoms with Crippen molar-refractivity contribution in [3.05, 3.63) is 29.8 Å². The summed E-state index contributed by atoms with van der Waals surface area (Å²) in [5, 5.41) is 10.1. The van der Waals surface area contributed by atoms with Crippen LogP contribution < -0.4 is 4.90 Å². The molecule has 1 aromatic carbocycles. The second kappa shape index (κ2) is 7.31. The summed E-state index contributed by atoms with van der Waals surface area (Å²) in [4.78, 5) is 4.35. The molecule has 134 valence electrons. The SMILES string of the molecule is OC1CCCCC1CN1CCN(c2cccc(C(F)(F)F)c2)CC1. The van der Waals surface area contributed by atoms with Gasteiger partial charge in [-0.1, -0.05) is 18.9 Å². The highest BCUT2D eigenvalue weighted by Gasteiger charge is 2.31. The first kappa shape index (κ1) is 17.5. The predicted molar refractivity (Wildman–Crippen MR) is 88.1 cm³/mol. The molecule has 0 bridgehead atoms. The second-order valence-corrected chi connectivity index (χ2v) is 6.95. The molecule has 2 atom stereocenters. The molecule has 0 amide bonds. The quantitative estimate of drug-likeness (QED) is 0.912. The molecule has 3 nitrogen and oxygen atoms in total. The highest BCUT2D eigenvalue weighted by Crippen LogP contribution is 2.32. The monoisotopic (exact) mass is 342 g/mol. The first-order valence-electron chi connectivity index (χ1n) is 8.76. The average Bonchev–Trinajstić information content (AvgIpc) is 2.57. The van der Waals surface area contributed by atoms with Crippen molar-refractivity contribution in [3.63, 3.8) is 0 Å². The maximum Gasteiger partial charge on any atom is 0.416 e. The minimum Gasteiger partial charge on any atom is -0.393 e. The third kappa shape index (κ3) is 4.22. The number of aliphatic hydroxyl groups excluding tert-OH is 1. The van der Waals surface area contributed by atoms with E-state index in [1.807, 2.05) is 4.90 Å². The van der Waals surface area contributed by atoms with Crippen molar-refractivity contribution in [3.8, 4) is 0 Å². The Morgan fingerprint density at radius 1 is 1.04 bits per heavy atom. The van der Waals surface area contributed by atoms with Crippen molar-refractivity contribution in [1.82, 2.24) is 4.90 Å². The minimum atomic E-state index is -4.30. The fraction of sp³-hybridized carbons (Fsp3) is 0.667. The van der Waals surface area contributed by atoms with E-state index in [4.69, 9.17) is 0 Å². The van der Waals surface area contributed by atoms with E-state index < -0.39 is 11.7 Å². The summed E-state index contributed by atoms with van der Waals surface area (Å²) in [6, 6.07) is 5.57. The van der Waals surface area contributed by atoms with Crippen LogP contribution in [0.15, 0.2) is 24.3 Å². The molecular formula is C18H25F3N2O. The predicted octanol–water partition coefficient (Wildman–Crippen LogP) is 3.38. The molecular weight excluding hydrogens is 317 g/mol. The minimum absolute atomic E-state index is 0.194. The van der Waals surface area contributed by atoms with E-state index in [2.05, 4.69) is 4.90 Å². The molecule has 0 aromatic heterocycles. The standard InChI is InChI=1S/C18H25F3N2O/c19-18(20,21)15-5-3-6-16(12-15)23-10-8-22(9-11-23)13-14-4-1-2-7-17(14)24/h3,5-6,12,14,17,24H,1-2,4,7-11,13H2. The Hall–Kier alpha value is -1.27. The number of anilines is 1. The van der Waals surface area contributed by atoms with E-state index in [0.29, 0.717) is 11.6 Å². The second-order valence-electron chi connectivity index (χ2n) is 6.95. The lowest BCUT2D eigenvalue weighted by atomic mass is 9.86. The van der Waals surface area contributed by atoms with Crippen LogP contribution in [0.25, 0.3) is 0 Å². The third-order valence-corrected chi connectivity index (χ3v) is 5.27. The first-order valence-corrected chi connectivity index (χ1v) is 8.76. The Morgan fingerprint density at radius 2 is 1.75 bits per heavy atom. The summed E-state index contributed by atoms with van der Waals surface area (Å²) >= 11 is 0. The Labute approximate surface area is 141 Å². The van der Waals surface area contributed by atoms with Gasteiger partial charge in [0.15, 0.2) is 0 Å². The van der Waals surface area contributed by atoms with Gasteiger partial charge in [-0.15, -0.1) is 0 Å². The van der Waals surface area contributed by atoms with Crippen LogP contribution in [0.2, 0.25) is 0 Å². The zero-order valence-electron chi connectivity index (χ0n) is 13.8. The molecule has 1 heterocycles. The Bertz CT molecular complexity index is 541. The lowest BCUT2D eigenvalue weighted by molar-refractivity contribution is -0.137. The van der Waals surface area contributed by atoms with Crippen molar-refractivity contribution < 1.29 is 18.3 Å². The zero-order valence-corrected chi connectivity index (χ0v) is 13.8. The van der Waals surface area contributed by atoms with Gasteiger partial charge < -0.3 is 10.0 Å². The molecule has 2 unspecified atom stereocenters. The van der Waals surface area contributed by atoms with Crippen molar-refractivity contribution in [2.75, 3.05) is 37.6 Å².